The molecule has 0 amide bonds. The maximum Gasteiger partial charge on any atom is 0.339 e. The van der Waals surface area contributed by atoms with Gasteiger partial charge in [0.2, 0.25) is 0 Å². The predicted molar refractivity (Wildman–Crippen MR) is 133 cm³/mol. The number of thiazole rings is 1. The summed E-state index contributed by atoms with van der Waals surface area (Å²) in [6.07, 6.45) is 1.98. The lowest BCUT2D eigenvalue weighted by Gasteiger charge is -2.33. The van der Waals surface area contributed by atoms with Gasteiger partial charge in [0, 0.05) is 34.4 Å². The van der Waals surface area contributed by atoms with Gasteiger partial charge in [-0.15, -0.1) is 11.3 Å². The van der Waals surface area contributed by atoms with E-state index in [1.807, 2.05) is 30.3 Å². The first-order valence-corrected chi connectivity index (χ1v) is 12.1. The van der Waals surface area contributed by atoms with Crippen molar-refractivity contribution in [2.24, 2.45) is 0 Å². The number of ether oxygens (including phenoxy) is 1. The summed E-state index contributed by atoms with van der Waals surface area (Å²) in [6, 6.07) is 15.5. The molecule has 5 nitrogen and oxygen atoms in total. The molecular weight excluding hydrogens is 494 g/mol. The van der Waals surface area contributed by atoms with Crippen LogP contribution in [-0.4, -0.2) is 41.2 Å². The molecule has 8 heteroatoms. The largest absolute Gasteiger partial charge is 0.465 e. The number of likely N-dealkylation sites (tertiary alicyclic amines) is 1. The van der Waals surface area contributed by atoms with Crippen LogP contribution in [0.1, 0.15) is 34.1 Å². The molecule has 1 saturated heterocycles. The molecule has 1 aromatic heterocycles. The van der Waals surface area contributed by atoms with E-state index in [0.29, 0.717) is 22.3 Å². The van der Waals surface area contributed by atoms with E-state index in [0.717, 1.165) is 41.7 Å². The molecule has 2 heterocycles. The molecule has 31 heavy (non-hydrogen) atoms. The van der Waals surface area contributed by atoms with Crippen molar-refractivity contribution in [2.45, 2.75) is 18.8 Å². The number of thiocarbonyl (C=S) groups is 1. The molecule has 3 aromatic rings. The number of halogens is 1. The number of piperidine rings is 1. The van der Waals surface area contributed by atoms with E-state index in [2.05, 4.69) is 43.7 Å². The zero-order valence-electron chi connectivity index (χ0n) is 17.0. The number of anilines is 1. The van der Waals surface area contributed by atoms with E-state index in [-0.39, 0.29) is 5.97 Å². The van der Waals surface area contributed by atoms with Gasteiger partial charge in [-0.3, -0.25) is 0 Å². The number of nitrogens with zero attached hydrogens (tertiary/aromatic N) is 2. The summed E-state index contributed by atoms with van der Waals surface area (Å²) in [5.74, 6) is 0.0573. The Morgan fingerprint density at radius 3 is 2.74 bits per heavy atom. The molecule has 160 valence electrons. The number of esters is 1. The molecule has 0 aliphatic carbocycles. The second-order valence-corrected chi connectivity index (χ2v) is 9.50. The van der Waals surface area contributed by atoms with Gasteiger partial charge in [-0.1, -0.05) is 40.2 Å². The van der Waals surface area contributed by atoms with Crippen molar-refractivity contribution in [1.82, 2.24) is 9.88 Å². The number of hydrogen-bond donors (Lipinski definition) is 1. The Morgan fingerprint density at radius 2 is 2.00 bits per heavy atom. The average molecular weight is 516 g/mol. The maximum absolute atomic E-state index is 12.0. The van der Waals surface area contributed by atoms with Gasteiger partial charge in [0.25, 0.3) is 0 Å². The Morgan fingerprint density at radius 1 is 1.23 bits per heavy atom. The number of aromatic nitrogens is 1. The van der Waals surface area contributed by atoms with Crippen molar-refractivity contribution >= 4 is 56.3 Å². The van der Waals surface area contributed by atoms with Crippen molar-refractivity contribution < 1.29 is 9.53 Å². The molecule has 0 atom stereocenters. The van der Waals surface area contributed by atoms with Crippen molar-refractivity contribution in [1.29, 1.82) is 0 Å². The van der Waals surface area contributed by atoms with Gasteiger partial charge in [-0.2, -0.15) is 0 Å². The third kappa shape index (κ3) is 5.14. The van der Waals surface area contributed by atoms with Crippen LogP contribution in [0.4, 0.5) is 5.69 Å². The van der Waals surface area contributed by atoms with Crippen LogP contribution >= 0.6 is 39.5 Å². The van der Waals surface area contributed by atoms with E-state index in [1.54, 1.807) is 17.4 Å². The summed E-state index contributed by atoms with van der Waals surface area (Å²) in [4.78, 5) is 19.0. The van der Waals surface area contributed by atoms with E-state index >= 15 is 0 Å². The molecular formula is C23H22BrN3O2S2. The Hall–Kier alpha value is -2.29. The standard InChI is InChI=1S/C23H22BrN3O2S2/c1-29-22(28)18-7-2-3-8-19(18)26-23(30)27-11-9-15(10-12-27)21-25-20(14-31-21)16-5-4-6-17(24)13-16/h2-8,13-15H,9-12H2,1H3,(H,26,30). The van der Waals surface area contributed by atoms with E-state index in [9.17, 15) is 4.79 Å². The van der Waals surface area contributed by atoms with Crippen molar-refractivity contribution in [3.63, 3.8) is 0 Å². The van der Waals surface area contributed by atoms with Gasteiger partial charge in [-0.05, 0) is 49.3 Å². The zero-order valence-corrected chi connectivity index (χ0v) is 20.2. The van der Waals surface area contributed by atoms with Crippen LogP contribution in [0.25, 0.3) is 11.3 Å². The van der Waals surface area contributed by atoms with Crippen molar-refractivity contribution in [3.8, 4) is 11.3 Å². The summed E-state index contributed by atoms with van der Waals surface area (Å²) in [6.45, 7) is 1.70. The summed E-state index contributed by atoms with van der Waals surface area (Å²) >= 11 is 10.9. The zero-order chi connectivity index (χ0) is 21.8. The summed E-state index contributed by atoms with van der Waals surface area (Å²) in [5, 5.41) is 7.17. The number of benzene rings is 2. The number of para-hydroxylation sites is 1. The van der Waals surface area contributed by atoms with Crippen LogP contribution in [0.5, 0.6) is 0 Å². The highest BCUT2D eigenvalue weighted by Crippen LogP contribution is 2.33. The Balaban J connectivity index is 1.37. The molecule has 1 fully saturated rings. The minimum absolute atomic E-state index is 0.380. The third-order valence-electron chi connectivity index (χ3n) is 5.35. The van der Waals surface area contributed by atoms with Crippen LogP contribution in [0.15, 0.2) is 58.4 Å². The van der Waals surface area contributed by atoms with E-state index in [4.69, 9.17) is 21.9 Å². The van der Waals surface area contributed by atoms with Crippen LogP contribution in [0.3, 0.4) is 0 Å². The topological polar surface area (TPSA) is 54.5 Å². The van der Waals surface area contributed by atoms with Crippen molar-refractivity contribution in [2.75, 3.05) is 25.5 Å². The SMILES string of the molecule is COC(=O)c1ccccc1NC(=S)N1CCC(c2nc(-c3cccc(Br)c3)cs2)CC1. The molecule has 1 aliphatic rings. The van der Waals surface area contributed by atoms with Gasteiger partial charge in [0.15, 0.2) is 5.11 Å². The Kier molecular flexibility index (Phi) is 6.99. The van der Waals surface area contributed by atoms with Crippen LogP contribution < -0.4 is 5.32 Å². The molecule has 0 unspecified atom stereocenters. The van der Waals surface area contributed by atoms with Crippen LogP contribution in [-0.2, 0) is 4.74 Å². The van der Waals surface area contributed by atoms with E-state index < -0.39 is 0 Å². The first-order chi connectivity index (χ1) is 15.0. The lowest BCUT2D eigenvalue weighted by Crippen LogP contribution is -2.40. The number of methoxy groups -OCH3 is 1. The number of carbonyl (C=O) groups excluding carboxylic acids is 1. The van der Waals surface area contributed by atoms with Crippen molar-refractivity contribution in [3.05, 3.63) is 69.0 Å². The van der Waals surface area contributed by atoms with Gasteiger partial charge >= 0.3 is 5.97 Å². The summed E-state index contributed by atoms with van der Waals surface area (Å²) in [5.41, 5.74) is 3.30. The fourth-order valence-electron chi connectivity index (χ4n) is 3.66. The molecule has 0 spiro atoms. The fraction of sp³-hybridized carbons (Fsp3) is 0.261. The first-order valence-electron chi connectivity index (χ1n) is 10.00. The highest BCUT2D eigenvalue weighted by Gasteiger charge is 2.25. The van der Waals surface area contributed by atoms with Gasteiger partial charge in [0.05, 0.1) is 29.1 Å². The van der Waals surface area contributed by atoms with Crippen LogP contribution in [0, 0.1) is 0 Å². The van der Waals surface area contributed by atoms with Gasteiger partial charge < -0.3 is 15.0 Å². The second kappa shape index (κ2) is 9.89. The minimum Gasteiger partial charge on any atom is -0.465 e. The minimum atomic E-state index is -0.380. The molecule has 4 rings (SSSR count). The molecule has 2 aromatic carbocycles. The molecule has 0 bridgehead atoms. The number of nitrogens with one attached hydrogen (secondary N) is 1. The highest BCUT2D eigenvalue weighted by atomic mass is 79.9. The number of carbonyl (C=O) groups is 1. The lowest BCUT2D eigenvalue weighted by atomic mass is 9.98. The van der Waals surface area contributed by atoms with E-state index in [1.165, 1.54) is 12.1 Å². The van der Waals surface area contributed by atoms with Gasteiger partial charge in [0.1, 0.15) is 0 Å². The predicted octanol–water partition coefficient (Wildman–Crippen LogP) is 5.94. The summed E-state index contributed by atoms with van der Waals surface area (Å²) < 4.78 is 5.92. The van der Waals surface area contributed by atoms with Gasteiger partial charge in [-0.25, -0.2) is 9.78 Å². The highest BCUT2D eigenvalue weighted by molar-refractivity contribution is 9.10. The number of hydrogen-bond acceptors (Lipinski definition) is 5. The smallest absolute Gasteiger partial charge is 0.339 e. The number of rotatable bonds is 4. The Bertz CT molecular complexity index is 1090. The molecule has 0 radical (unpaired) electrons. The molecule has 0 saturated carbocycles. The van der Waals surface area contributed by atoms with Crippen LogP contribution in [0.2, 0.25) is 0 Å². The molecule has 1 aliphatic heterocycles. The second-order valence-electron chi connectivity index (χ2n) is 7.31. The maximum atomic E-state index is 12.0. The normalized spacial score (nSPS) is 14.3. The lowest BCUT2D eigenvalue weighted by molar-refractivity contribution is 0.0602. The quantitative estimate of drug-likeness (QED) is 0.343. The third-order valence-corrected chi connectivity index (χ3v) is 7.21. The monoisotopic (exact) mass is 515 g/mol. The Labute approximate surface area is 199 Å². The molecule has 1 N–H and O–H groups in total. The first kappa shape index (κ1) is 21.9. The summed E-state index contributed by atoms with van der Waals surface area (Å²) in [7, 11) is 1.38. The fourth-order valence-corrected chi connectivity index (χ4v) is 5.35. The average Bonchev–Trinajstić information content (AvgIpc) is 3.29.